The van der Waals surface area contributed by atoms with Gasteiger partial charge in [0, 0.05) is 31.4 Å². The average molecular weight is 346 g/mol. The molecule has 0 radical (unpaired) electrons. The Hall–Kier alpha value is -1.59. The fourth-order valence-electron chi connectivity index (χ4n) is 3.53. The van der Waals surface area contributed by atoms with Gasteiger partial charge >= 0.3 is 0 Å². The lowest BCUT2D eigenvalue weighted by Gasteiger charge is -2.34. The number of carbonyl (C=O) groups is 1. The Morgan fingerprint density at radius 1 is 1.24 bits per heavy atom. The Labute approximate surface area is 150 Å². The molecule has 2 atom stereocenters. The molecule has 2 saturated heterocycles. The zero-order valence-corrected chi connectivity index (χ0v) is 15.2. The Morgan fingerprint density at radius 2 is 2.00 bits per heavy atom. The van der Waals surface area contributed by atoms with Crippen LogP contribution < -0.4 is 5.32 Å². The summed E-state index contributed by atoms with van der Waals surface area (Å²) in [5.41, 5.74) is 1.15. The number of para-hydroxylation sites is 1. The van der Waals surface area contributed by atoms with Gasteiger partial charge in [-0.05, 0) is 51.2 Å². The van der Waals surface area contributed by atoms with E-state index in [0.29, 0.717) is 12.6 Å². The highest BCUT2D eigenvalue weighted by Crippen LogP contribution is 2.18. The number of hydrogen-bond donors (Lipinski definition) is 1. The molecule has 0 spiro atoms. The molecule has 5 heteroatoms. The van der Waals surface area contributed by atoms with Crippen molar-refractivity contribution in [3.05, 3.63) is 30.3 Å². The lowest BCUT2D eigenvalue weighted by Crippen LogP contribution is -2.46. The largest absolute Gasteiger partial charge is 0.382 e. The summed E-state index contributed by atoms with van der Waals surface area (Å²) in [6.45, 7) is 4.78. The van der Waals surface area contributed by atoms with Crippen molar-refractivity contribution >= 4 is 11.6 Å². The topological polar surface area (TPSA) is 50.8 Å². The predicted octanol–water partition coefficient (Wildman–Crippen LogP) is 3.06. The average Bonchev–Trinajstić information content (AvgIpc) is 2.68. The lowest BCUT2D eigenvalue weighted by atomic mass is 10.0. The third-order valence-electron chi connectivity index (χ3n) is 5.11. The zero-order valence-electron chi connectivity index (χ0n) is 15.2. The first kappa shape index (κ1) is 18.2. The van der Waals surface area contributed by atoms with Crippen LogP contribution in [0.1, 0.15) is 39.0 Å². The molecule has 2 fully saturated rings. The first-order chi connectivity index (χ1) is 12.2. The molecule has 1 N–H and O–H groups in total. The molecular weight excluding hydrogens is 316 g/mol. The Bertz CT molecular complexity index is 523. The van der Waals surface area contributed by atoms with E-state index in [4.69, 9.17) is 9.47 Å². The molecule has 1 aromatic carbocycles. The van der Waals surface area contributed by atoms with Crippen LogP contribution in [0, 0.1) is 0 Å². The maximum Gasteiger partial charge on any atom is 0.251 e. The highest BCUT2D eigenvalue weighted by molar-refractivity contribution is 5.80. The second-order valence-corrected chi connectivity index (χ2v) is 7.07. The molecule has 2 aliphatic rings. The molecule has 138 valence electrons. The summed E-state index contributed by atoms with van der Waals surface area (Å²) in [4.78, 5) is 14.5. The van der Waals surface area contributed by atoms with Crippen molar-refractivity contribution in [1.82, 2.24) is 4.90 Å². The third-order valence-corrected chi connectivity index (χ3v) is 5.11. The molecule has 25 heavy (non-hydrogen) atoms. The van der Waals surface area contributed by atoms with Crippen LogP contribution in [0.2, 0.25) is 0 Å². The molecule has 0 aromatic heterocycles. The lowest BCUT2D eigenvalue weighted by molar-refractivity contribution is -0.147. The summed E-state index contributed by atoms with van der Waals surface area (Å²) in [7, 11) is 0. The maximum absolute atomic E-state index is 12.6. The summed E-state index contributed by atoms with van der Waals surface area (Å²) >= 11 is 0. The monoisotopic (exact) mass is 346 g/mol. The van der Waals surface area contributed by atoms with Gasteiger partial charge in [0.25, 0.3) is 5.91 Å². The standard InChI is InChI=1S/C20H30N2O3/c1-16(25-15-19-9-5-6-14-24-19)20(23)22-12-10-18(11-13-22)21-17-7-3-2-4-8-17/h2-4,7-8,16,18-19,21H,5-6,9-15H2,1H3. The van der Waals surface area contributed by atoms with E-state index in [1.54, 1.807) is 0 Å². The molecule has 2 aliphatic heterocycles. The molecule has 0 aliphatic carbocycles. The van der Waals surface area contributed by atoms with Gasteiger partial charge in [0.1, 0.15) is 6.10 Å². The highest BCUT2D eigenvalue weighted by atomic mass is 16.5. The van der Waals surface area contributed by atoms with Gasteiger partial charge in [-0.2, -0.15) is 0 Å². The van der Waals surface area contributed by atoms with Crippen molar-refractivity contribution in [2.45, 2.75) is 57.3 Å². The van der Waals surface area contributed by atoms with E-state index in [1.807, 2.05) is 30.0 Å². The molecule has 0 saturated carbocycles. The van der Waals surface area contributed by atoms with E-state index < -0.39 is 0 Å². The summed E-state index contributed by atoms with van der Waals surface area (Å²) in [6.07, 6.45) is 5.08. The molecule has 5 nitrogen and oxygen atoms in total. The molecule has 3 rings (SSSR count). The fourth-order valence-corrected chi connectivity index (χ4v) is 3.53. The number of nitrogens with one attached hydrogen (secondary N) is 1. The second kappa shape index (κ2) is 9.20. The Morgan fingerprint density at radius 3 is 2.68 bits per heavy atom. The van der Waals surface area contributed by atoms with Crippen molar-refractivity contribution in [3.8, 4) is 0 Å². The number of nitrogens with zero attached hydrogens (tertiary/aromatic N) is 1. The van der Waals surface area contributed by atoms with Gasteiger partial charge in [-0.1, -0.05) is 18.2 Å². The Balaban J connectivity index is 1.38. The van der Waals surface area contributed by atoms with Crippen LogP contribution in [0.5, 0.6) is 0 Å². The van der Waals surface area contributed by atoms with Crippen molar-refractivity contribution in [1.29, 1.82) is 0 Å². The molecule has 0 bridgehead atoms. The first-order valence-electron chi connectivity index (χ1n) is 9.56. The van der Waals surface area contributed by atoms with Crippen LogP contribution in [-0.4, -0.2) is 55.4 Å². The minimum Gasteiger partial charge on any atom is -0.382 e. The summed E-state index contributed by atoms with van der Waals surface area (Å²) < 4.78 is 11.5. The number of carbonyl (C=O) groups excluding carboxylic acids is 1. The predicted molar refractivity (Wildman–Crippen MR) is 98.7 cm³/mol. The molecular formula is C20H30N2O3. The van der Waals surface area contributed by atoms with Crippen molar-refractivity contribution in [2.24, 2.45) is 0 Å². The van der Waals surface area contributed by atoms with E-state index in [0.717, 1.165) is 51.1 Å². The minimum atomic E-state index is -0.385. The van der Waals surface area contributed by atoms with Crippen LogP contribution in [0.15, 0.2) is 30.3 Å². The van der Waals surface area contributed by atoms with Crippen molar-refractivity contribution in [2.75, 3.05) is 31.6 Å². The Kier molecular flexibility index (Phi) is 6.70. The van der Waals surface area contributed by atoms with Crippen molar-refractivity contribution < 1.29 is 14.3 Å². The number of amides is 1. The normalized spacial score (nSPS) is 23.2. The quantitative estimate of drug-likeness (QED) is 0.860. The fraction of sp³-hybridized carbons (Fsp3) is 0.650. The minimum absolute atomic E-state index is 0.106. The summed E-state index contributed by atoms with van der Waals surface area (Å²) in [6, 6.07) is 10.7. The van der Waals surface area contributed by atoms with Gasteiger partial charge in [0.05, 0.1) is 12.7 Å². The van der Waals surface area contributed by atoms with Crippen LogP contribution >= 0.6 is 0 Å². The maximum atomic E-state index is 12.6. The van der Waals surface area contributed by atoms with Crippen LogP contribution in [0.4, 0.5) is 5.69 Å². The van der Waals surface area contributed by atoms with Gasteiger partial charge in [0.15, 0.2) is 0 Å². The second-order valence-electron chi connectivity index (χ2n) is 7.07. The number of piperidine rings is 1. The van der Waals surface area contributed by atoms with Crippen molar-refractivity contribution in [3.63, 3.8) is 0 Å². The van der Waals surface area contributed by atoms with Gasteiger partial charge < -0.3 is 19.7 Å². The van der Waals surface area contributed by atoms with Crippen LogP contribution in [0.25, 0.3) is 0 Å². The summed E-state index contributed by atoms with van der Waals surface area (Å²) in [5, 5.41) is 3.55. The number of likely N-dealkylation sites (tertiary alicyclic amines) is 1. The highest BCUT2D eigenvalue weighted by Gasteiger charge is 2.27. The van der Waals surface area contributed by atoms with E-state index >= 15 is 0 Å². The molecule has 1 aromatic rings. The number of benzene rings is 1. The van der Waals surface area contributed by atoms with Crippen LogP contribution in [-0.2, 0) is 14.3 Å². The third kappa shape index (κ3) is 5.44. The molecule has 1 amide bonds. The zero-order chi connectivity index (χ0) is 17.5. The van der Waals surface area contributed by atoms with Gasteiger partial charge in [-0.3, -0.25) is 4.79 Å². The SMILES string of the molecule is CC(OCC1CCCCO1)C(=O)N1CCC(Nc2ccccc2)CC1. The van der Waals surface area contributed by atoms with E-state index in [9.17, 15) is 4.79 Å². The number of hydrogen-bond acceptors (Lipinski definition) is 4. The molecule has 2 unspecified atom stereocenters. The number of anilines is 1. The van der Waals surface area contributed by atoms with Crippen LogP contribution in [0.3, 0.4) is 0 Å². The van der Waals surface area contributed by atoms with E-state index in [2.05, 4.69) is 17.4 Å². The number of ether oxygens (including phenoxy) is 2. The number of rotatable bonds is 6. The first-order valence-corrected chi connectivity index (χ1v) is 9.56. The van der Waals surface area contributed by atoms with Gasteiger partial charge in [0.2, 0.25) is 0 Å². The smallest absolute Gasteiger partial charge is 0.251 e. The summed E-state index contributed by atoms with van der Waals surface area (Å²) in [5.74, 6) is 0.106. The van der Waals surface area contributed by atoms with E-state index in [1.165, 1.54) is 6.42 Å². The van der Waals surface area contributed by atoms with Gasteiger partial charge in [-0.25, -0.2) is 0 Å². The van der Waals surface area contributed by atoms with Gasteiger partial charge in [-0.15, -0.1) is 0 Å². The van der Waals surface area contributed by atoms with E-state index in [-0.39, 0.29) is 18.1 Å². The molecule has 2 heterocycles.